The zero-order valence-electron chi connectivity index (χ0n) is 17.2. The van der Waals surface area contributed by atoms with E-state index in [4.69, 9.17) is 12.2 Å². The Labute approximate surface area is 187 Å². The topological polar surface area (TPSA) is 84.7 Å². The Kier molecular flexibility index (Phi) is 5.83. The van der Waals surface area contributed by atoms with Crippen molar-refractivity contribution in [1.29, 1.82) is 0 Å². The number of hydrogen-bond acceptors (Lipinski definition) is 4. The van der Waals surface area contributed by atoms with Gasteiger partial charge in [-0.2, -0.15) is 0 Å². The molecule has 0 aliphatic rings. The van der Waals surface area contributed by atoms with Crippen LogP contribution in [0.15, 0.2) is 72.3 Å². The van der Waals surface area contributed by atoms with E-state index < -0.39 is 6.04 Å². The molecule has 4 aromatic rings. The standard InChI is InChI=1S/C23H20FN5O2S/c1-3-11-29-22(31)17-9-6-15(13-18(17)26-23(29)32)21(30)27-19(20-25-10-12-28(20)2)14-4-7-16(24)8-5-14/h3-10,12-13,19H,1,11H2,2H3,(H,26,32)(H,27,30). The van der Waals surface area contributed by atoms with Crippen molar-refractivity contribution in [3.8, 4) is 0 Å². The second-order valence-electron chi connectivity index (χ2n) is 7.25. The van der Waals surface area contributed by atoms with Crippen LogP contribution in [0.4, 0.5) is 4.39 Å². The Bertz CT molecular complexity index is 1440. The van der Waals surface area contributed by atoms with E-state index in [1.165, 1.54) is 16.7 Å². The number of nitrogens with zero attached hydrogens (tertiary/aromatic N) is 3. The number of nitrogens with one attached hydrogen (secondary N) is 2. The molecular formula is C23H20FN5O2S. The molecule has 1 amide bonds. The van der Waals surface area contributed by atoms with E-state index in [1.54, 1.807) is 53.4 Å². The highest BCUT2D eigenvalue weighted by Gasteiger charge is 2.22. The summed E-state index contributed by atoms with van der Waals surface area (Å²) in [4.78, 5) is 33.2. The van der Waals surface area contributed by atoms with Gasteiger partial charge in [0.1, 0.15) is 17.7 Å². The van der Waals surface area contributed by atoms with Gasteiger partial charge in [0, 0.05) is 31.5 Å². The van der Waals surface area contributed by atoms with Crippen molar-refractivity contribution < 1.29 is 9.18 Å². The number of allylic oxidation sites excluding steroid dienone is 1. The molecule has 0 aliphatic carbocycles. The smallest absolute Gasteiger partial charge is 0.262 e. The van der Waals surface area contributed by atoms with Crippen LogP contribution >= 0.6 is 12.2 Å². The Morgan fingerprint density at radius 2 is 2.06 bits per heavy atom. The fourth-order valence-corrected chi connectivity index (χ4v) is 3.78. The third-order valence-electron chi connectivity index (χ3n) is 5.15. The van der Waals surface area contributed by atoms with Crippen LogP contribution in [-0.2, 0) is 13.6 Å². The fourth-order valence-electron chi connectivity index (χ4n) is 3.51. The summed E-state index contributed by atoms with van der Waals surface area (Å²) >= 11 is 5.27. The van der Waals surface area contributed by atoms with Crippen molar-refractivity contribution in [3.63, 3.8) is 0 Å². The fraction of sp³-hybridized carbons (Fsp3) is 0.130. The van der Waals surface area contributed by atoms with Gasteiger partial charge in [0.25, 0.3) is 11.5 Å². The first kappa shape index (κ1) is 21.4. The number of aryl methyl sites for hydroxylation is 1. The number of carbonyl (C=O) groups is 1. The molecule has 2 aromatic carbocycles. The molecule has 0 aliphatic heterocycles. The molecular weight excluding hydrogens is 429 g/mol. The molecule has 2 N–H and O–H groups in total. The third-order valence-corrected chi connectivity index (χ3v) is 5.47. The lowest BCUT2D eigenvalue weighted by atomic mass is 10.0. The first-order valence-corrected chi connectivity index (χ1v) is 10.2. The van der Waals surface area contributed by atoms with E-state index in [1.807, 2.05) is 7.05 Å². The predicted octanol–water partition coefficient (Wildman–Crippen LogP) is 3.64. The predicted molar refractivity (Wildman–Crippen MR) is 123 cm³/mol. The van der Waals surface area contributed by atoms with E-state index in [2.05, 4.69) is 21.9 Å². The van der Waals surface area contributed by atoms with Crippen LogP contribution in [0.5, 0.6) is 0 Å². The summed E-state index contributed by atoms with van der Waals surface area (Å²) < 4.78 is 16.9. The number of hydrogen-bond donors (Lipinski definition) is 2. The summed E-state index contributed by atoms with van der Waals surface area (Å²) in [6.07, 6.45) is 4.98. The van der Waals surface area contributed by atoms with Crippen LogP contribution in [0.25, 0.3) is 10.9 Å². The molecule has 0 spiro atoms. The van der Waals surface area contributed by atoms with Crippen LogP contribution in [0.1, 0.15) is 27.8 Å². The molecule has 1 atom stereocenters. The number of imidazole rings is 1. The zero-order valence-corrected chi connectivity index (χ0v) is 18.0. The number of rotatable bonds is 6. The molecule has 2 heterocycles. The summed E-state index contributed by atoms with van der Waals surface area (Å²) in [7, 11) is 1.81. The maximum atomic E-state index is 13.4. The number of fused-ring (bicyclic) bond motifs is 1. The second kappa shape index (κ2) is 8.72. The summed E-state index contributed by atoms with van der Waals surface area (Å²) in [5.41, 5.74) is 1.22. The molecule has 2 aromatic heterocycles. The van der Waals surface area contributed by atoms with Gasteiger partial charge < -0.3 is 14.9 Å². The molecule has 1 unspecified atom stereocenters. The van der Waals surface area contributed by atoms with Crippen molar-refractivity contribution in [3.05, 3.63) is 105 Å². The van der Waals surface area contributed by atoms with Crippen LogP contribution in [0, 0.1) is 10.6 Å². The van der Waals surface area contributed by atoms with E-state index in [0.29, 0.717) is 27.9 Å². The Hall–Kier alpha value is -3.85. The molecule has 0 saturated heterocycles. The zero-order chi connectivity index (χ0) is 22.8. The van der Waals surface area contributed by atoms with Crippen molar-refractivity contribution in [2.75, 3.05) is 0 Å². The van der Waals surface area contributed by atoms with Gasteiger partial charge in [0.15, 0.2) is 4.77 Å². The Balaban J connectivity index is 1.72. The normalized spacial score (nSPS) is 11.9. The van der Waals surface area contributed by atoms with Gasteiger partial charge >= 0.3 is 0 Å². The van der Waals surface area contributed by atoms with Gasteiger partial charge in [-0.1, -0.05) is 18.2 Å². The minimum absolute atomic E-state index is 0.247. The summed E-state index contributed by atoms with van der Waals surface area (Å²) in [6, 6.07) is 10.0. The van der Waals surface area contributed by atoms with Gasteiger partial charge in [-0.15, -0.1) is 6.58 Å². The number of carbonyl (C=O) groups excluding carboxylic acids is 1. The van der Waals surface area contributed by atoms with E-state index in [9.17, 15) is 14.0 Å². The van der Waals surface area contributed by atoms with Crippen LogP contribution in [0.3, 0.4) is 0 Å². The number of halogens is 1. The maximum Gasteiger partial charge on any atom is 0.262 e. The van der Waals surface area contributed by atoms with Crippen molar-refractivity contribution in [2.24, 2.45) is 7.05 Å². The summed E-state index contributed by atoms with van der Waals surface area (Å²) in [5, 5.41) is 3.37. The number of aromatic nitrogens is 4. The molecule has 0 fully saturated rings. The lowest BCUT2D eigenvalue weighted by Crippen LogP contribution is -2.31. The molecule has 0 saturated carbocycles. The second-order valence-corrected chi connectivity index (χ2v) is 7.64. The molecule has 162 valence electrons. The van der Waals surface area contributed by atoms with Gasteiger partial charge in [-0.05, 0) is 48.1 Å². The minimum atomic E-state index is -0.599. The van der Waals surface area contributed by atoms with Gasteiger partial charge in [-0.25, -0.2) is 9.37 Å². The van der Waals surface area contributed by atoms with Crippen molar-refractivity contribution in [2.45, 2.75) is 12.6 Å². The van der Waals surface area contributed by atoms with Gasteiger partial charge in [-0.3, -0.25) is 14.2 Å². The quantitative estimate of drug-likeness (QED) is 0.348. The van der Waals surface area contributed by atoms with E-state index in [-0.39, 0.29) is 28.6 Å². The highest BCUT2D eigenvalue weighted by Crippen LogP contribution is 2.22. The van der Waals surface area contributed by atoms with Crippen LogP contribution in [-0.4, -0.2) is 25.0 Å². The largest absolute Gasteiger partial charge is 0.338 e. The van der Waals surface area contributed by atoms with Gasteiger partial charge in [0.2, 0.25) is 0 Å². The molecule has 4 rings (SSSR count). The molecule has 9 heteroatoms. The lowest BCUT2D eigenvalue weighted by molar-refractivity contribution is 0.0941. The number of benzene rings is 2. The minimum Gasteiger partial charge on any atom is -0.338 e. The third kappa shape index (κ3) is 4.02. The molecule has 7 nitrogen and oxygen atoms in total. The highest BCUT2D eigenvalue weighted by atomic mass is 32.1. The maximum absolute atomic E-state index is 13.4. The number of amides is 1. The average molecular weight is 450 g/mol. The number of aromatic amines is 1. The van der Waals surface area contributed by atoms with Gasteiger partial charge in [0.05, 0.1) is 10.9 Å². The average Bonchev–Trinajstić information content (AvgIpc) is 3.20. The van der Waals surface area contributed by atoms with Crippen LogP contribution < -0.4 is 10.9 Å². The molecule has 0 bridgehead atoms. The van der Waals surface area contributed by atoms with E-state index >= 15 is 0 Å². The van der Waals surface area contributed by atoms with Crippen molar-refractivity contribution in [1.82, 2.24) is 24.4 Å². The van der Waals surface area contributed by atoms with Crippen molar-refractivity contribution >= 4 is 29.0 Å². The monoisotopic (exact) mass is 449 g/mol. The number of H-pyrrole nitrogens is 1. The summed E-state index contributed by atoms with van der Waals surface area (Å²) in [6.45, 7) is 3.93. The lowest BCUT2D eigenvalue weighted by Gasteiger charge is -2.19. The summed E-state index contributed by atoms with van der Waals surface area (Å²) in [5.74, 6) is -0.151. The first-order chi connectivity index (χ1) is 15.4. The molecule has 0 radical (unpaired) electrons. The molecule has 32 heavy (non-hydrogen) atoms. The highest BCUT2D eigenvalue weighted by molar-refractivity contribution is 7.71. The van der Waals surface area contributed by atoms with Crippen LogP contribution in [0.2, 0.25) is 0 Å². The SMILES string of the molecule is C=CCn1c(=S)[nH]c2cc(C(=O)NC(c3ccc(F)cc3)c3nccn3C)ccc2c1=O. The van der Waals surface area contributed by atoms with E-state index in [0.717, 1.165) is 0 Å². The first-order valence-electron chi connectivity index (χ1n) is 9.80. The Morgan fingerprint density at radius 3 is 2.72 bits per heavy atom. The Morgan fingerprint density at radius 1 is 1.31 bits per heavy atom.